The summed E-state index contributed by atoms with van der Waals surface area (Å²) in [7, 11) is 1.41. The van der Waals surface area contributed by atoms with Gasteiger partial charge in [0.05, 0.1) is 6.10 Å². The Balaban J connectivity index is 4.23. The number of hydrogen-bond acceptors (Lipinski definition) is 3. The van der Waals surface area contributed by atoms with E-state index in [-0.39, 0.29) is 5.91 Å². The normalized spacial score (nSPS) is 14.5. The Labute approximate surface area is 83.4 Å². The van der Waals surface area contributed by atoms with Gasteiger partial charge >= 0.3 is 5.97 Å². The summed E-state index contributed by atoms with van der Waals surface area (Å²) in [5.74, 6) is -1.34. The maximum atomic E-state index is 11.1. The van der Waals surface area contributed by atoms with Crippen molar-refractivity contribution in [3.63, 3.8) is 0 Å². The van der Waals surface area contributed by atoms with Crippen molar-refractivity contribution < 1.29 is 19.4 Å². The summed E-state index contributed by atoms with van der Waals surface area (Å²) in [6, 6.07) is -0.973. The molecule has 2 atom stereocenters. The van der Waals surface area contributed by atoms with Crippen LogP contribution in [0.4, 0.5) is 0 Å². The number of hydrogen-bond donors (Lipinski definition) is 2. The number of nitrogens with one attached hydrogen (secondary N) is 1. The molecule has 0 heterocycles. The molecule has 0 unspecified atom stereocenters. The molecule has 2 N–H and O–H groups in total. The van der Waals surface area contributed by atoms with Crippen LogP contribution in [0.3, 0.4) is 0 Å². The van der Waals surface area contributed by atoms with Crippen LogP contribution < -0.4 is 5.32 Å². The van der Waals surface area contributed by atoms with E-state index in [2.05, 4.69) is 5.32 Å². The largest absolute Gasteiger partial charge is 0.480 e. The highest BCUT2D eigenvalue weighted by Gasteiger charge is 2.25. The molecular weight excluding hydrogens is 186 g/mol. The Morgan fingerprint density at radius 1 is 1.50 bits per heavy atom. The van der Waals surface area contributed by atoms with Crippen LogP contribution in [-0.2, 0) is 14.3 Å². The van der Waals surface area contributed by atoms with Crippen LogP contribution in [0.15, 0.2) is 0 Å². The Kier molecular flexibility index (Phi) is 5.87. The van der Waals surface area contributed by atoms with Crippen molar-refractivity contribution in [2.45, 2.75) is 38.8 Å². The quantitative estimate of drug-likeness (QED) is 0.654. The minimum atomic E-state index is -1.08. The Hall–Kier alpha value is -1.10. The Morgan fingerprint density at radius 2 is 2.07 bits per heavy atom. The second-order valence-electron chi connectivity index (χ2n) is 3.07. The second-order valence-corrected chi connectivity index (χ2v) is 3.07. The molecular formula is C9H17NO4. The van der Waals surface area contributed by atoms with Crippen LogP contribution in [0, 0.1) is 0 Å². The van der Waals surface area contributed by atoms with Crippen molar-refractivity contribution in [3.05, 3.63) is 0 Å². The minimum absolute atomic E-state index is 0.260. The fourth-order valence-corrected chi connectivity index (χ4v) is 0.989. The van der Waals surface area contributed by atoms with Crippen molar-refractivity contribution in [1.82, 2.24) is 5.32 Å². The first kappa shape index (κ1) is 12.9. The van der Waals surface area contributed by atoms with Gasteiger partial charge in [-0.3, -0.25) is 4.79 Å². The first-order chi connectivity index (χ1) is 6.52. The molecule has 0 saturated carbocycles. The van der Waals surface area contributed by atoms with Crippen molar-refractivity contribution >= 4 is 11.9 Å². The monoisotopic (exact) mass is 203 g/mol. The lowest BCUT2D eigenvalue weighted by Gasteiger charge is -2.19. The number of carboxylic acids is 1. The number of carbonyl (C=O) groups is 2. The number of ether oxygens (including phenoxy) is 1. The van der Waals surface area contributed by atoms with Gasteiger partial charge in [0.15, 0.2) is 6.04 Å². The molecule has 0 rings (SSSR count). The van der Waals surface area contributed by atoms with Gasteiger partial charge in [-0.25, -0.2) is 4.79 Å². The number of methoxy groups -OCH3 is 1. The maximum Gasteiger partial charge on any atom is 0.328 e. The van der Waals surface area contributed by atoms with Gasteiger partial charge < -0.3 is 15.2 Å². The fourth-order valence-electron chi connectivity index (χ4n) is 0.989. The third kappa shape index (κ3) is 4.23. The molecule has 5 heteroatoms. The lowest BCUT2D eigenvalue weighted by Crippen LogP contribution is -2.48. The van der Waals surface area contributed by atoms with Crippen LogP contribution in [0.25, 0.3) is 0 Å². The predicted molar refractivity (Wildman–Crippen MR) is 50.9 cm³/mol. The van der Waals surface area contributed by atoms with Crippen LogP contribution in [-0.4, -0.2) is 36.2 Å². The summed E-state index contributed by atoms with van der Waals surface area (Å²) in [5, 5.41) is 11.2. The van der Waals surface area contributed by atoms with Crippen molar-refractivity contribution in [2.75, 3.05) is 7.11 Å². The molecule has 5 nitrogen and oxygen atoms in total. The molecule has 0 aromatic carbocycles. The number of amides is 1. The van der Waals surface area contributed by atoms with E-state index < -0.39 is 18.1 Å². The highest BCUT2D eigenvalue weighted by molar-refractivity contribution is 5.83. The molecule has 0 fully saturated rings. The predicted octanol–water partition coefficient (Wildman–Crippen LogP) is 0.391. The molecule has 1 amide bonds. The summed E-state index contributed by atoms with van der Waals surface area (Å²) >= 11 is 0. The van der Waals surface area contributed by atoms with Crippen molar-refractivity contribution in [2.24, 2.45) is 0 Å². The second kappa shape index (κ2) is 6.37. The van der Waals surface area contributed by atoms with E-state index in [9.17, 15) is 9.59 Å². The average molecular weight is 203 g/mol. The Bertz CT molecular complexity index is 205. The van der Waals surface area contributed by atoms with Crippen LogP contribution in [0.1, 0.15) is 26.7 Å². The molecule has 0 aromatic heterocycles. The van der Waals surface area contributed by atoms with Crippen molar-refractivity contribution in [1.29, 1.82) is 0 Å². The molecule has 14 heavy (non-hydrogen) atoms. The summed E-state index contributed by atoms with van der Waals surface area (Å²) in [6.45, 7) is 3.46. The lowest BCUT2D eigenvalue weighted by molar-refractivity contribution is -0.145. The van der Waals surface area contributed by atoms with Crippen LogP contribution >= 0.6 is 0 Å². The molecule has 0 spiro atoms. The molecule has 0 aromatic rings. The highest BCUT2D eigenvalue weighted by Crippen LogP contribution is 1.99. The summed E-state index contributed by atoms with van der Waals surface area (Å²) < 4.78 is 4.86. The van der Waals surface area contributed by atoms with Crippen molar-refractivity contribution in [3.8, 4) is 0 Å². The number of carbonyl (C=O) groups excluding carboxylic acids is 1. The zero-order valence-electron chi connectivity index (χ0n) is 8.74. The van der Waals surface area contributed by atoms with Gasteiger partial charge in [0, 0.05) is 13.5 Å². The molecule has 0 radical (unpaired) electrons. The molecule has 0 aliphatic heterocycles. The van der Waals surface area contributed by atoms with Crippen LogP contribution in [0.5, 0.6) is 0 Å². The van der Waals surface area contributed by atoms with E-state index in [0.717, 1.165) is 0 Å². The topological polar surface area (TPSA) is 75.6 Å². The minimum Gasteiger partial charge on any atom is -0.480 e. The van der Waals surface area contributed by atoms with Gasteiger partial charge in [-0.15, -0.1) is 0 Å². The number of rotatable bonds is 6. The third-order valence-electron chi connectivity index (χ3n) is 1.90. The lowest BCUT2D eigenvalue weighted by atomic mass is 10.1. The van der Waals surface area contributed by atoms with Gasteiger partial charge in [-0.05, 0) is 13.3 Å². The first-order valence-electron chi connectivity index (χ1n) is 4.57. The smallest absolute Gasteiger partial charge is 0.328 e. The fraction of sp³-hybridized carbons (Fsp3) is 0.778. The molecule has 0 aliphatic carbocycles. The summed E-state index contributed by atoms with van der Waals surface area (Å²) in [5.41, 5.74) is 0. The zero-order valence-corrected chi connectivity index (χ0v) is 8.74. The van der Waals surface area contributed by atoms with E-state index in [1.807, 2.05) is 6.92 Å². The first-order valence-corrected chi connectivity index (χ1v) is 4.57. The van der Waals surface area contributed by atoms with E-state index in [1.54, 1.807) is 6.92 Å². The van der Waals surface area contributed by atoms with E-state index in [4.69, 9.17) is 9.84 Å². The standard InChI is InChI=1S/C9H17NO4/c1-4-5-7(11)10-8(9(12)13)6(2)14-3/h6,8H,4-5H2,1-3H3,(H,10,11)(H,12,13)/t6-,8+/m1/s1. The summed E-state index contributed by atoms with van der Waals surface area (Å²) in [4.78, 5) is 21.9. The Morgan fingerprint density at radius 3 is 2.43 bits per heavy atom. The highest BCUT2D eigenvalue weighted by atomic mass is 16.5. The number of carboxylic acid groups (broad SMARTS) is 1. The third-order valence-corrected chi connectivity index (χ3v) is 1.90. The van der Waals surface area contributed by atoms with Gasteiger partial charge in [-0.2, -0.15) is 0 Å². The number of aliphatic carboxylic acids is 1. The summed E-state index contributed by atoms with van der Waals surface area (Å²) in [6.07, 6.45) is 0.494. The molecule has 0 bridgehead atoms. The molecule has 82 valence electrons. The van der Waals surface area contributed by atoms with Gasteiger partial charge in [0.1, 0.15) is 0 Å². The average Bonchev–Trinajstić information content (AvgIpc) is 2.13. The van der Waals surface area contributed by atoms with E-state index in [1.165, 1.54) is 7.11 Å². The zero-order chi connectivity index (χ0) is 11.1. The SMILES string of the molecule is CCCC(=O)N[C@H](C(=O)O)[C@@H](C)OC. The molecule has 0 saturated heterocycles. The van der Waals surface area contributed by atoms with E-state index >= 15 is 0 Å². The molecule has 0 aliphatic rings. The van der Waals surface area contributed by atoms with Gasteiger partial charge in [-0.1, -0.05) is 6.92 Å². The van der Waals surface area contributed by atoms with Gasteiger partial charge in [0.25, 0.3) is 0 Å². The van der Waals surface area contributed by atoms with Crippen LogP contribution in [0.2, 0.25) is 0 Å². The van der Waals surface area contributed by atoms with E-state index in [0.29, 0.717) is 12.8 Å². The van der Waals surface area contributed by atoms with Gasteiger partial charge in [0.2, 0.25) is 5.91 Å². The maximum absolute atomic E-state index is 11.1.